The number of fused-ring (bicyclic) bond motifs is 1. The summed E-state index contributed by atoms with van der Waals surface area (Å²) in [5.41, 5.74) is 2.70. The van der Waals surface area contributed by atoms with E-state index in [1.54, 1.807) is 55.6 Å². The normalized spacial score (nSPS) is 12.2. The first-order chi connectivity index (χ1) is 15.9. The first-order valence-electron chi connectivity index (χ1n) is 10.2. The number of para-hydroxylation sites is 1. The van der Waals surface area contributed by atoms with E-state index in [4.69, 9.17) is 4.74 Å². The number of anilines is 1. The molecular formula is C24H23N3O4S2. The molecule has 0 aliphatic rings. The number of aryl methyl sites for hydroxylation is 1. The van der Waals surface area contributed by atoms with Gasteiger partial charge < -0.3 is 9.30 Å². The highest BCUT2D eigenvalue weighted by atomic mass is 32.2. The number of hydrogen-bond acceptors (Lipinski definition) is 5. The lowest BCUT2D eigenvalue weighted by atomic mass is 10.2. The van der Waals surface area contributed by atoms with Crippen LogP contribution in [0.15, 0.2) is 82.7 Å². The smallest absolute Gasteiger partial charge is 0.279 e. The fourth-order valence-corrected chi connectivity index (χ4v) is 5.38. The second-order valence-corrected chi connectivity index (χ2v) is 10.1. The zero-order chi connectivity index (χ0) is 23.4. The van der Waals surface area contributed by atoms with Gasteiger partial charge in [0.2, 0.25) is 0 Å². The van der Waals surface area contributed by atoms with Gasteiger partial charge >= 0.3 is 0 Å². The van der Waals surface area contributed by atoms with E-state index in [0.717, 1.165) is 15.8 Å². The zero-order valence-electron chi connectivity index (χ0n) is 18.2. The van der Waals surface area contributed by atoms with Crippen molar-refractivity contribution >= 4 is 43.2 Å². The Labute approximate surface area is 196 Å². The number of methoxy groups -OCH3 is 1. The van der Waals surface area contributed by atoms with E-state index < -0.39 is 15.9 Å². The second-order valence-electron chi connectivity index (χ2n) is 7.41. The average molecular weight is 482 g/mol. The standard InChI is InChI=1S/C24H23N3O4S2/c1-17-7-13-20(14-8-17)33(29,30)26-19-11-9-18(10-12-19)23(28)25-24-27(15-16-31-2)21-5-3-4-6-22(21)32-24/h3-14,26H,15-16H2,1-2H3. The van der Waals surface area contributed by atoms with Gasteiger partial charge in [0.15, 0.2) is 4.80 Å². The molecule has 1 aromatic heterocycles. The molecule has 1 amide bonds. The predicted molar refractivity (Wildman–Crippen MR) is 130 cm³/mol. The molecule has 0 radical (unpaired) electrons. The monoisotopic (exact) mass is 481 g/mol. The lowest BCUT2D eigenvalue weighted by molar-refractivity contribution is 0.0997. The van der Waals surface area contributed by atoms with Gasteiger partial charge in [-0.15, -0.1) is 0 Å². The Morgan fingerprint density at radius 2 is 1.73 bits per heavy atom. The number of thiazole rings is 1. The number of ether oxygens (including phenoxy) is 1. The van der Waals surface area contributed by atoms with E-state index in [1.165, 1.54) is 11.3 Å². The number of hydrogen-bond donors (Lipinski definition) is 1. The summed E-state index contributed by atoms with van der Waals surface area (Å²) < 4.78 is 35.9. The number of amides is 1. The molecular weight excluding hydrogens is 458 g/mol. The quantitative estimate of drug-likeness (QED) is 0.428. The highest BCUT2D eigenvalue weighted by Gasteiger charge is 2.14. The van der Waals surface area contributed by atoms with Gasteiger partial charge in [-0.1, -0.05) is 41.2 Å². The lowest BCUT2D eigenvalue weighted by Crippen LogP contribution is -2.19. The number of benzene rings is 3. The SMILES string of the molecule is COCCn1c(=NC(=O)c2ccc(NS(=O)(=O)c3ccc(C)cc3)cc2)sc2ccccc21. The molecule has 0 unspecified atom stereocenters. The van der Waals surface area contributed by atoms with Gasteiger partial charge in [0, 0.05) is 24.9 Å². The van der Waals surface area contributed by atoms with E-state index >= 15 is 0 Å². The van der Waals surface area contributed by atoms with Crippen LogP contribution in [0.2, 0.25) is 0 Å². The summed E-state index contributed by atoms with van der Waals surface area (Å²) >= 11 is 1.44. The van der Waals surface area contributed by atoms with Crippen molar-refractivity contribution in [1.29, 1.82) is 0 Å². The van der Waals surface area contributed by atoms with Crippen LogP contribution in [0.1, 0.15) is 15.9 Å². The van der Waals surface area contributed by atoms with Crippen LogP contribution in [0.25, 0.3) is 10.2 Å². The first-order valence-corrected chi connectivity index (χ1v) is 12.5. The minimum Gasteiger partial charge on any atom is -0.383 e. The third-order valence-corrected chi connectivity index (χ3v) is 7.48. The first kappa shape index (κ1) is 22.9. The maximum atomic E-state index is 12.8. The van der Waals surface area contributed by atoms with Gasteiger partial charge in [-0.05, 0) is 55.5 Å². The molecule has 0 aliphatic heterocycles. The molecule has 0 aliphatic carbocycles. The summed E-state index contributed by atoms with van der Waals surface area (Å²) in [4.78, 5) is 17.9. The number of nitrogens with zero attached hydrogens (tertiary/aromatic N) is 2. The van der Waals surface area contributed by atoms with Crippen molar-refractivity contribution in [3.05, 3.63) is 88.7 Å². The molecule has 3 aromatic carbocycles. The molecule has 0 saturated carbocycles. The van der Waals surface area contributed by atoms with Crippen LogP contribution in [0.3, 0.4) is 0 Å². The van der Waals surface area contributed by atoms with Crippen LogP contribution in [0.4, 0.5) is 5.69 Å². The molecule has 0 saturated heterocycles. The van der Waals surface area contributed by atoms with Gasteiger partial charge in [0.25, 0.3) is 15.9 Å². The van der Waals surface area contributed by atoms with Crippen LogP contribution in [-0.4, -0.2) is 32.6 Å². The van der Waals surface area contributed by atoms with Gasteiger partial charge in [-0.2, -0.15) is 4.99 Å². The van der Waals surface area contributed by atoms with Crippen LogP contribution in [-0.2, 0) is 21.3 Å². The number of aromatic nitrogens is 1. The molecule has 0 atom stereocenters. The van der Waals surface area contributed by atoms with Crippen LogP contribution in [0.5, 0.6) is 0 Å². The number of carbonyl (C=O) groups is 1. The molecule has 7 nitrogen and oxygen atoms in total. The molecule has 4 aromatic rings. The molecule has 33 heavy (non-hydrogen) atoms. The Hall–Kier alpha value is -3.27. The van der Waals surface area contributed by atoms with E-state index in [1.807, 2.05) is 35.8 Å². The van der Waals surface area contributed by atoms with Crippen molar-refractivity contribution < 1.29 is 17.9 Å². The Morgan fingerprint density at radius 3 is 2.42 bits per heavy atom. The number of sulfonamides is 1. The van der Waals surface area contributed by atoms with Crippen LogP contribution in [0, 0.1) is 6.92 Å². The van der Waals surface area contributed by atoms with E-state index in [0.29, 0.717) is 29.2 Å². The van der Waals surface area contributed by atoms with Crippen LogP contribution >= 0.6 is 11.3 Å². The lowest BCUT2D eigenvalue weighted by Gasteiger charge is -2.08. The molecule has 9 heteroatoms. The molecule has 1 N–H and O–H groups in total. The fourth-order valence-electron chi connectivity index (χ4n) is 3.27. The topological polar surface area (TPSA) is 89.8 Å². The third kappa shape index (κ3) is 5.22. The Balaban J connectivity index is 1.58. The summed E-state index contributed by atoms with van der Waals surface area (Å²) in [6, 6.07) is 20.7. The largest absolute Gasteiger partial charge is 0.383 e. The van der Waals surface area contributed by atoms with Gasteiger partial charge in [0.1, 0.15) is 0 Å². The zero-order valence-corrected chi connectivity index (χ0v) is 19.8. The minimum atomic E-state index is -3.71. The van der Waals surface area contributed by atoms with Crippen molar-refractivity contribution in [3.8, 4) is 0 Å². The summed E-state index contributed by atoms with van der Waals surface area (Å²) in [7, 11) is -2.08. The molecule has 0 fully saturated rings. The highest BCUT2D eigenvalue weighted by molar-refractivity contribution is 7.92. The van der Waals surface area contributed by atoms with Gasteiger partial charge in [0.05, 0.1) is 21.7 Å². The summed E-state index contributed by atoms with van der Waals surface area (Å²) in [5.74, 6) is -0.402. The Kier molecular flexibility index (Phi) is 6.73. The summed E-state index contributed by atoms with van der Waals surface area (Å²) in [5, 5.41) is 0. The molecule has 170 valence electrons. The Morgan fingerprint density at radius 1 is 1.03 bits per heavy atom. The molecule has 0 bridgehead atoms. The second kappa shape index (κ2) is 9.70. The average Bonchev–Trinajstić information content (AvgIpc) is 3.15. The number of nitrogens with one attached hydrogen (secondary N) is 1. The predicted octanol–water partition coefficient (Wildman–Crippen LogP) is 4.20. The fraction of sp³-hybridized carbons (Fsp3) is 0.167. The minimum absolute atomic E-state index is 0.175. The number of carbonyl (C=O) groups excluding carboxylic acids is 1. The van der Waals surface area contributed by atoms with Gasteiger partial charge in [-0.25, -0.2) is 8.42 Å². The van der Waals surface area contributed by atoms with E-state index in [9.17, 15) is 13.2 Å². The van der Waals surface area contributed by atoms with Crippen molar-refractivity contribution in [2.75, 3.05) is 18.4 Å². The van der Waals surface area contributed by atoms with E-state index in [2.05, 4.69) is 9.71 Å². The Bertz CT molecular complexity index is 1450. The van der Waals surface area contributed by atoms with Crippen molar-refractivity contribution in [3.63, 3.8) is 0 Å². The maximum absolute atomic E-state index is 12.8. The number of rotatable bonds is 7. The molecule has 0 spiro atoms. The van der Waals surface area contributed by atoms with Gasteiger partial charge in [-0.3, -0.25) is 9.52 Å². The van der Waals surface area contributed by atoms with Crippen molar-refractivity contribution in [2.45, 2.75) is 18.4 Å². The molecule has 1 heterocycles. The summed E-state index contributed by atoms with van der Waals surface area (Å²) in [6.45, 7) is 2.97. The maximum Gasteiger partial charge on any atom is 0.279 e. The highest BCUT2D eigenvalue weighted by Crippen LogP contribution is 2.19. The van der Waals surface area contributed by atoms with Crippen molar-refractivity contribution in [2.24, 2.45) is 4.99 Å². The summed E-state index contributed by atoms with van der Waals surface area (Å²) in [6.07, 6.45) is 0. The van der Waals surface area contributed by atoms with Crippen LogP contribution < -0.4 is 9.52 Å². The molecule has 4 rings (SSSR count). The van der Waals surface area contributed by atoms with E-state index in [-0.39, 0.29) is 4.90 Å². The van der Waals surface area contributed by atoms with Crippen molar-refractivity contribution in [1.82, 2.24) is 4.57 Å². The third-order valence-electron chi connectivity index (χ3n) is 5.02.